The fourth-order valence-corrected chi connectivity index (χ4v) is 5.42. The number of aromatic nitrogens is 3. The highest BCUT2D eigenvalue weighted by Crippen LogP contribution is 2.40. The minimum Gasteiger partial charge on any atom is -0.314 e. The predicted molar refractivity (Wildman–Crippen MR) is 109 cm³/mol. The summed E-state index contributed by atoms with van der Waals surface area (Å²) in [7, 11) is 0. The van der Waals surface area contributed by atoms with E-state index >= 15 is 0 Å². The van der Waals surface area contributed by atoms with Crippen LogP contribution in [-0.2, 0) is 17.8 Å². The Bertz CT molecular complexity index is 937. The topological polar surface area (TPSA) is 71.8 Å². The Labute approximate surface area is 170 Å². The van der Waals surface area contributed by atoms with Gasteiger partial charge in [-0.05, 0) is 49.1 Å². The van der Waals surface area contributed by atoms with Gasteiger partial charge >= 0.3 is 0 Å². The Morgan fingerprint density at radius 3 is 2.96 bits per heavy atom. The van der Waals surface area contributed by atoms with Crippen molar-refractivity contribution in [2.24, 2.45) is 17.3 Å². The normalized spacial score (nSPS) is 27.2. The van der Waals surface area contributed by atoms with Crippen LogP contribution >= 0.6 is 11.6 Å². The molecule has 2 bridgehead atoms. The summed E-state index contributed by atoms with van der Waals surface area (Å²) in [6.45, 7) is 6.45. The summed E-state index contributed by atoms with van der Waals surface area (Å²) in [4.78, 5) is 16.9. The van der Waals surface area contributed by atoms with Gasteiger partial charge in [-0.3, -0.25) is 9.48 Å². The van der Waals surface area contributed by atoms with E-state index in [1.54, 1.807) is 6.20 Å². The van der Waals surface area contributed by atoms with Crippen LogP contribution in [0.3, 0.4) is 0 Å². The van der Waals surface area contributed by atoms with Crippen molar-refractivity contribution in [3.63, 3.8) is 0 Å². The first-order valence-corrected chi connectivity index (χ1v) is 10.5. The fourth-order valence-electron chi connectivity index (χ4n) is 5.22. The van der Waals surface area contributed by atoms with Crippen molar-refractivity contribution >= 4 is 23.3 Å². The van der Waals surface area contributed by atoms with Crippen LogP contribution in [0.15, 0.2) is 18.5 Å². The molecule has 0 aromatic carbocycles. The molecule has 1 saturated carbocycles. The number of nitrogens with one attached hydrogen (secondary N) is 2. The SMILES string of the molecule is CC1(C)Cc2c(-c3cc(NC(=O)CC4CC5CC4CN5)ncc3Cl)cnn2C1. The lowest BCUT2D eigenvalue weighted by molar-refractivity contribution is -0.117. The van der Waals surface area contributed by atoms with Crippen LogP contribution in [0.5, 0.6) is 0 Å². The Hall–Kier alpha value is -1.92. The molecule has 5 rings (SSSR count). The highest BCUT2D eigenvalue weighted by molar-refractivity contribution is 6.33. The highest BCUT2D eigenvalue weighted by Gasteiger charge is 2.40. The van der Waals surface area contributed by atoms with Gasteiger partial charge in [0.15, 0.2) is 0 Å². The van der Waals surface area contributed by atoms with Gasteiger partial charge in [0.25, 0.3) is 0 Å². The molecule has 1 amide bonds. The van der Waals surface area contributed by atoms with Crippen LogP contribution in [0.1, 0.15) is 38.8 Å². The summed E-state index contributed by atoms with van der Waals surface area (Å²) < 4.78 is 2.06. The lowest BCUT2D eigenvalue weighted by Gasteiger charge is -2.21. The number of carbonyl (C=O) groups is 1. The molecule has 3 aliphatic rings. The van der Waals surface area contributed by atoms with E-state index < -0.39 is 0 Å². The average Bonchev–Trinajstić information content (AvgIpc) is 3.37. The van der Waals surface area contributed by atoms with E-state index in [1.807, 2.05) is 12.3 Å². The lowest BCUT2D eigenvalue weighted by Crippen LogP contribution is -2.31. The second-order valence-electron chi connectivity index (χ2n) is 9.40. The summed E-state index contributed by atoms with van der Waals surface area (Å²) in [5.41, 5.74) is 3.32. The Morgan fingerprint density at radius 1 is 1.36 bits per heavy atom. The zero-order chi connectivity index (χ0) is 19.5. The minimum absolute atomic E-state index is 0.0414. The summed E-state index contributed by atoms with van der Waals surface area (Å²) in [5.74, 6) is 1.73. The van der Waals surface area contributed by atoms with Crippen LogP contribution in [0.2, 0.25) is 5.02 Å². The Morgan fingerprint density at radius 2 is 2.21 bits per heavy atom. The predicted octanol–water partition coefficient (Wildman–Crippen LogP) is 3.51. The van der Waals surface area contributed by atoms with Crippen molar-refractivity contribution in [3.8, 4) is 11.1 Å². The molecule has 2 fully saturated rings. The van der Waals surface area contributed by atoms with Crippen molar-refractivity contribution in [3.05, 3.63) is 29.2 Å². The van der Waals surface area contributed by atoms with Crippen molar-refractivity contribution in [2.75, 3.05) is 11.9 Å². The molecule has 28 heavy (non-hydrogen) atoms. The number of hydrogen-bond donors (Lipinski definition) is 2. The monoisotopic (exact) mass is 399 g/mol. The molecule has 148 valence electrons. The number of carbonyl (C=O) groups excluding carboxylic acids is 1. The third-order valence-corrected chi connectivity index (χ3v) is 6.84. The number of rotatable bonds is 4. The van der Waals surface area contributed by atoms with E-state index in [2.05, 4.69) is 39.2 Å². The fraction of sp³-hybridized carbons (Fsp3) is 0.571. The summed E-state index contributed by atoms with van der Waals surface area (Å²) >= 11 is 6.46. The second-order valence-corrected chi connectivity index (χ2v) is 9.81. The first kappa shape index (κ1) is 18.1. The van der Waals surface area contributed by atoms with Gasteiger partial charge in [0.2, 0.25) is 5.91 Å². The van der Waals surface area contributed by atoms with Gasteiger partial charge in [-0.1, -0.05) is 25.4 Å². The smallest absolute Gasteiger partial charge is 0.225 e. The van der Waals surface area contributed by atoms with Gasteiger partial charge in [0.1, 0.15) is 5.82 Å². The summed E-state index contributed by atoms with van der Waals surface area (Å²) in [6, 6.07) is 2.49. The zero-order valence-electron chi connectivity index (χ0n) is 16.3. The quantitative estimate of drug-likeness (QED) is 0.825. The van der Waals surface area contributed by atoms with Crippen LogP contribution in [0, 0.1) is 17.3 Å². The van der Waals surface area contributed by atoms with E-state index in [1.165, 1.54) is 12.1 Å². The molecule has 2 aromatic heterocycles. The third-order valence-electron chi connectivity index (χ3n) is 6.54. The van der Waals surface area contributed by atoms with Crippen molar-refractivity contribution < 1.29 is 4.79 Å². The number of halogens is 1. The molecule has 1 saturated heterocycles. The Balaban J connectivity index is 1.33. The third kappa shape index (κ3) is 3.22. The lowest BCUT2D eigenvalue weighted by atomic mass is 9.89. The molecule has 0 radical (unpaired) electrons. The summed E-state index contributed by atoms with van der Waals surface area (Å²) in [6.07, 6.45) is 7.35. The van der Waals surface area contributed by atoms with Gasteiger partial charge in [-0.15, -0.1) is 0 Å². The molecule has 2 aliphatic heterocycles. The van der Waals surface area contributed by atoms with Gasteiger partial charge in [-0.25, -0.2) is 4.98 Å². The van der Waals surface area contributed by atoms with Gasteiger partial charge in [-0.2, -0.15) is 5.10 Å². The van der Waals surface area contributed by atoms with E-state index in [4.69, 9.17) is 11.6 Å². The van der Waals surface area contributed by atoms with Crippen LogP contribution in [-0.4, -0.2) is 33.3 Å². The van der Waals surface area contributed by atoms with E-state index in [0.29, 0.717) is 35.1 Å². The summed E-state index contributed by atoms with van der Waals surface area (Å²) in [5, 5.41) is 11.6. The molecule has 7 heteroatoms. The van der Waals surface area contributed by atoms with Crippen molar-refractivity contribution in [1.29, 1.82) is 0 Å². The van der Waals surface area contributed by atoms with E-state index in [-0.39, 0.29) is 11.3 Å². The van der Waals surface area contributed by atoms with E-state index in [9.17, 15) is 4.79 Å². The molecule has 0 spiro atoms. The number of hydrogen-bond acceptors (Lipinski definition) is 4. The zero-order valence-corrected chi connectivity index (χ0v) is 17.1. The van der Waals surface area contributed by atoms with Crippen LogP contribution in [0.25, 0.3) is 11.1 Å². The van der Waals surface area contributed by atoms with Gasteiger partial charge < -0.3 is 10.6 Å². The number of nitrogens with zero attached hydrogens (tertiary/aromatic N) is 3. The standard InChI is InChI=1S/C21H26ClN5O/c1-21(2)7-18-16(9-25-27(18)11-21)15-6-19(24-10-17(15)22)26-20(28)5-12-3-14-4-13(12)8-23-14/h6,9-10,12-14,23H,3-5,7-8,11H2,1-2H3,(H,24,26,28). The van der Waals surface area contributed by atoms with Crippen LogP contribution in [0.4, 0.5) is 5.82 Å². The van der Waals surface area contributed by atoms with Crippen LogP contribution < -0.4 is 10.6 Å². The maximum atomic E-state index is 12.6. The molecular weight excluding hydrogens is 374 g/mol. The van der Waals surface area contributed by atoms with Gasteiger partial charge in [0.05, 0.1) is 11.2 Å². The first-order valence-electron chi connectivity index (χ1n) is 10.1. The molecule has 3 unspecified atom stereocenters. The molecule has 4 heterocycles. The number of fused-ring (bicyclic) bond motifs is 3. The van der Waals surface area contributed by atoms with Crippen molar-refractivity contribution in [2.45, 2.75) is 52.1 Å². The molecule has 2 N–H and O–H groups in total. The average molecular weight is 400 g/mol. The first-order chi connectivity index (χ1) is 13.4. The highest BCUT2D eigenvalue weighted by atomic mass is 35.5. The molecular formula is C21H26ClN5O. The molecule has 3 atom stereocenters. The maximum absolute atomic E-state index is 12.6. The second kappa shape index (κ2) is 6.56. The number of anilines is 1. The van der Waals surface area contributed by atoms with Gasteiger partial charge in [0, 0.05) is 42.0 Å². The largest absolute Gasteiger partial charge is 0.314 e. The minimum atomic E-state index is 0.0414. The maximum Gasteiger partial charge on any atom is 0.225 e. The molecule has 6 nitrogen and oxygen atoms in total. The molecule has 1 aliphatic carbocycles. The van der Waals surface area contributed by atoms with E-state index in [0.717, 1.165) is 37.1 Å². The van der Waals surface area contributed by atoms with Crippen molar-refractivity contribution in [1.82, 2.24) is 20.1 Å². The Kier molecular flexibility index (Phi) is 4.25. The number of amides is 1. The number of piperidine rings is 1. The number of pyridine rings is 1. The molecule has 2 aromatic rings.